The monoisotopic (exact) mass is 266 g/mol. The second-order valence-electron chi connectivity index (χ2n) is 6.57. The van der Waals surface area contributed by atoms with Gasteiger partial charge < -0.3 is 10.6 Å². The molecule has 1 amide bonds. The average molecular weight is 266 g/mol. The first kappa shape index (κ1) is 14.8. The topological polar surface area (TPSA) is 41.1 Å². The number of nitrogens with one attached hydrogen (secondary N) is 2. The predicted molar refractivity (Wildman–Crippen MR) is 79.0 cm³/mol. The fraction of sp³-hybridized carbons (Fsp3) is 0.938. The van der Waals surface area contributed by atoms with Crippen LogP contribution in [0.2, 0.25) is 0 Å². The molecule has 19 heavy (non-hydrogen) atoms. The largest absolute Gasteiger partial charge is 0.353 e. The standard InChI is InChI=1S/C16H30N2O/c1-3-16(10-11-17-12-16)15(19)18-13(2)14-8-6-4-5-7-9-14/h13-14,17H,3-12H2,1-2H3,(H,18,19)/t13-,16?/m0/s1. The van der Waals surface area contributed by atoms with Crippen LogP contribution in [0.5, 0.6) is 0 Å². The van der Waals surface area contributed by atoms with Crippen molar-refractivity contribution < 1.29 is 4.79 Å². The highest BCUT2D eigenvalue weighted by molar-refractivity contribution is 5.83. The van der Waals surface area contributed by atoms with Crippen LogP contribution in [0.1, 0.15) is 65.2 Å². The van der Waals surface area contributed by atoms with Crippen LogP contribution in [0.25, 0.3) is 0 Å². The highest BCUT2D eigenvalue weighted by Crippen LogP contribution is 2.31. The van der Waals surface area contributed by atoms with Crippen molar-refractivity contribution >= 4 is 5.91 Å². The SMILES string of the molecule is CCC1(C(=O)N[C@@H](C)C2CCCCCC2)CCNC1. The average Bonchev–Trinajstić information content (AvgIpc) is 2.74. The van der Waals surface area contributed by atoms with Crippen molar-refractivity contribution in [3.63, 3.8) is 0 Å². The normalized spacial score (nSPS) is 30.8. The van der Waals surface area contributed by atoms with Crippen molar-refractivity contribution in [1.29, 1.82) is 0 Å². The summed E-state index contributed by atoms with van der Waals surface area (Å²) in [5.41, 5.74) is -0.140. The molecule has 2 aliphatic rings. The Morgan fingerprint density at radius 3 is 2.53 bits per heavy atom. The van der Waals surface area contributed by atoms with E-state index >= 15 is 0 Å². The highest BCUT2D eigenvalue weighted by atomic mass is 16.2. The Morgan fingerprint density at radius 1 is 1.32 bits per heavy atom. The molecule has 3 heteroatoms. The summed E-state index contributed by atoms with van der Waals surface area (Å²) in [7, 11) is 0. The zero-order valence-electron chi connectivity index (χ0n) is 12.6. The zero-order valence-corrected chi connectivity index (χ0v) is 12.6. The Bertz CT molecular complexity index is 289. The molecule has 0 radical (unpaired) electrons. The van der Waals surface area contributed by atoms with Crippen LogP contribution in [-0.2, 0) is 4.79 Å². The first-order valence-electron chi connectivity index (χ1n) is 8.19. The minimum absolute atomic E-state index is 0.140. The molecule has 2 atom stereocenters. The molecular weight excluding hydrogens is 236 g/mol. The minimum Gasteiger partial charge on any atom is -0.353 e. The van der Waals surface area contributed by atoms with Crippen LogP contribution >= 0.6 is 0 Å². The molecule has 2 fully saturated rings. The van der Waals surface area contributed by atoms with Gasteiger partial charge in [0, 0.05) is 12.6 Å². The van der Waals surface area contributed by atoms with E-state index < -0.39 is 0 Å². The second kappa shape index (κ2) is 6.74. The Morgan fingerprint density at radius 2 is 2.00 bits per heavy atom. The van der Waals surface area contributed by atoms with E-state index in [9.17, 15) is 4.79 Å². The van der Waals surface area contributed by atoms with E-state index in [1.807, 2.05) is 0 Å². The van der Waals surface area contributed by atoms with Crippen LogP contribution in [0.15, 0.2) is 0 Å². The number of carbonyl (C=O) groups excluding carboxylic acids is 1. The summed E-state index contributed by atoms with van der Waals surface area (Å²) in [6, 6.07) is 0.342. The van der Waals surface area contributed by atoms with Crippen molar-refractivity contribution in [3.05, 3.63) is 0 Å². The lowest BCUT2D eigenvalue weighted by atomic mass is 9.82. The van der Waals surface area contributed by atoms with Gasteiger partial charge in [-0.25, -0.2) is 0 Å². The lowest BCUT2D eigenvalue weighted by molar-refractivity contribution is -0.131. The molecule has 1 saturated heterocycles. The molecule has 1 aliphatic carbocycles. The van der Waals surface area contributed by atoms with Crippen molar-refractivity contribution in [2.24, 2.45) is 11.3 Å². The Balaban J connectivity index is 1.89. The van der Waals surface area contributed by atoms with Crippen LogP contribution in [0, 0.1) is 11.3 Å². The molecule has 110 valence electrons. The molecular formula is C16H30N2O. The van der Waals surface area contributed by atoms with Crippen molar-refractivity contribution in [1.82, 2.24) is 10.6 Å². The van der Waals surface area contributed by atoms with Gasteiger partial charge in [0.25, 0.3) is 0 Å². The molecule has 1 heterocycles. The van der Waals surface area contributed by atoms with Gasteiger partial charge in [0.15, 0.2) is 0 Å². The number of carbonyl (C=O) groups is 1. The third kappa shape index (κ3) is 3.50. The van der Waals surface area contributed by atoms with Crippen LogP contribution < -0.4 is 10.6 Å². The summed E-state index contributed by atoms with van der Waals surface area (Å²) >= 11 is 0. The van der Waals surface area contributed by atoms with Gasteiger partial charge in [-0.1, -0.05) is 32.6 Å². The fourth-order valence-electron chi connectivity index (χ4n) is 3.69. The molecule has 0 aromatic heterocycles. The summed E-state index contributed by atoms with van der Waals surface area (Å²) in [4.78, 5) is 12.6. The van der Waals surface area contributed by atoms with E-state index in [-0.39, 0.29) is 11.3 Å². The van der Waals surface area contributed by atoms with Gasteiger partial charge >= 0.3 is 0 Å². The predicted octanol–water partition coefficient (Wildman–Crippen LogP) is 2.85. The first-order valence-corrected chi connectivity index (χ1v) is 8.19. The van der Waals surface area contributed by atoms with Crippen LogP contribution in [0.3, 0.4) is 0 Å². The van der Waals surface area contributed by atoms with Crippen LogP contribution in [0.4, 0.5) is 0 Å². The van der Waals surface area contributed by atoms with Crippen LogP contribution in [-0.4, -0.2) is 25.0 Å². The van der Waals surface area contributed by atoms with E-state index in [0.29, 0.717) is 12.0 Å². The maximum absolute atomic E-state index is 12.6. The van der Waals surface area contributed by atoms with Gasteiger partial charge in [-0.2, -0.15) is 0 Å². The summed E-state index contributed by atoms with van der Waals surface area (Å²) in [5.74, 6) is 0.978. The minimum atomic E-state index is -0.140. The Labute approximate surface area is 117 Å². The van der Waals surface area contributed by atoms with Gasteiger partial charge in [0.05, 0.1) is 5.41 Å². The Hall–Kier alpha value is -0.570. The van der Waals surface area contributed by atoms with E-state index in [1.54, 1.807) is 0 Å². The highest BCUT2D eigenvalue weighted by Gasteiger charge is 2.40. The molecule has 2 rings (SSSR count). The van der Waals surface area contributed by atoms with E-state index in [2.05, 4.69) is 24.5 Å². The molecule has 1 aliphatic heterocycles. The lowest BCUT2D eigenvalue weighted by Gasteiger charge is -2.30. The lowest BCUT2D eigenvalue weighted by Crippen LogP contribution is -2.47. The zero-order chi connectivity index (χ0) is 13.7. The number of amides is 1. The third-order valence-corrected chi connectivity index (χ3v) is 5.37. The number of hydrogen-bond donors (Lipinski definition) is 2. The van der Waals surface area contributed by atoms with Crippen molar-refractivity contribution in [2.75, 3.05) is 13.1 Å². The quantitative estimate of drug-likeness (QED) is 0.768. The van der Waals surface area contributed by atoms with Crippen molar-refractivity contribution in [3.8, 4) is 0 Å². The molecule has 0 bridgehead atoms. The van der Waals surface area contributed by atoms with Gasteiger partial charge in [0.2, 0.25) is 5.91 Å². The molecule has 1 unspecified atom stereocenters. The third-order valence-electron chi connectivity index (χ3n) is 5.37. The molecule has 1 saturated carbocycles. The van der Waals surface area contributed by atoms with E-state index in [0.717, 1.165) is 25.9 Å². The number of rotatable bonds is 4. The number of hydrogen-bond acceptors (Lipinski definition) is 2. The maximum atomic E-state index is 12.6. The summed E-state index contributed by atoms with van der Waals surface area (Å²) in [5, 5.41) is 6.68. The molecule has 3 nitrogen and oxygen atoms in total. The second-order valence-corrected chi connectivity index (χ2v) is 6.57. The molecule has 0 aromatic carbocycles. The van der Waals surface area contributed by atoms with Gasteiger partial charge in [-0.05, 0) is 45.1 Å². The fourth-order valence-corrected chi connectivity index (χ4v) is 3.69. The molecule has 0 spiro atoms. The summed E-state index contributed by atoms with van der Waals surface area (Å²) in [6.07, 6.45) is 9.95. The molecule has 2 N–H and O–H groups in total. The van der Waals surface area contributed by atoms with Gasteiger partial charge in [0.1, 0.15) is 0 Å². The van der Waals surface area contributed by atoms with E-state index in [1.165, 1.54) is 38.5 Å². The summed E-state index contributed by atoms with van der Waals surface area (Å²) in [6.45, 7) is 6.19. The van der Waals surface area contributed by atoms with Gasteiger partial charge in [-0.3, -0.25) is 4.79 Å². The first-order chi connectivity index (χ1) is 9.18. The smallest absolute Gasteiger partial charge is 0.227 e. The van der Waals surface area contributed by atoms with E-state index in [4.69, 9.17) is 0 Å². The van der Waals surface area contributed by atoms with Crippen molar-refractivity contribution in [2.45, 2.75) is 71.3 Å². The summed E-state index contributed by atoms with van der Waals surface area (Å²) < 4.78 is 0. The maximum Gasteiger partial charge on any atom is 0.227 e. The molecule has 0 aromatic rings. The van der Waals surface area contributed by atoms with Gasteiger partial charge in [-0.15, -0.1) is 0 Å². The Kier molecular flexibility index (Phi) is 5.26.